The number of pyridine rings is 1. The van der Waals surface area contributed by atoms with Crippen LogP contribution < -0.4 is 10.5 Å². The number of benzene rings is 1. The van der Waals surface area contributed by atoms with Crippen LogP contribution in [-0.4, -0.2) is 10.8 Å². The van der Waals surface area contributed by atoms with Gasteiger partial charge >= 0.3 is 0 Å². The zero-order chi connectivity index (χ0) is 12.3. The summed E-state index contributed by atoms with van der Waals surface area (Å²) < 4.78 is 6.37. The Labute approximate surface area is 107 Å². The topological polar surface area (TPSA) is 72.0 Å². The van der Waals surface area contributed by atoms with Crippen LogP contribution >= 0.6 is 15.9 Å². The van der Waals surface area contributed by atoms with Gasteiger partial charge in [-0.25, -0.2) is 0 Å². The summed E-state index contributed by atoms with van der Waals surface area (Å²) in [6.45, 7) is 0. The lowest BCUT2D eigenvalue weighted by Crippen LogP contribution is -2.13. The van der Waals surface area contributed by atoms with E-state index in [1.807, 2.05) is 12.1 Å². The summed E-state index contributed by atoms with van der Waals surface area (Å²) in [7, 11) is 0. The molecule has 0 radical (unpaired) electrons. The van der Waals surface area contributed by atoms with Gasteiger partial charge < -0.3 is 10.5 Å². The van der Waals surface area contributed by atoms with E-state index in [0.29, 0.717) is 17.1 Å². The van der Waals surface area contributed by atoms with Crippen LogP contribution in [0.2, 0.25) is 0 Å². The summed E-state index contributed by atoms with van der Waals surface area (Å²) >= 11 is 3.34. The van der Waals surface area contributed by atoms with Gasteiger partial charge in [0.05, 0.1) is 11.8 Å². The Kier molecular flexibility index (Phi) is 3.39. The third-order valence-electron chi connectivity index (χ3n) is 2.11. The zero-order valence-corrected chi connectivity index (χ0v) is 10.4. The monoisotopic (exact) mass is 291 g/mol. The molecule has 0 atom stereocenters. The largest absolute Gasteiger partial charge is 0.455 e. The lowest BCUT2D eigenvalue weighted by Gasteiger charge is -2.11. The van der Waals surface area contributed by atoms with Gasteiger partial charge in [0, 0.05) is 10.7 Å². The van der Waals surface area contributed by atoms with E-state index in [0.717, 1.165) is 4.47 Å². The highest BCUT2D eigenvalue weighted by Crippen LogP contribution is 2.29. The molecule has 0 aliphatic carbocycles. The van der Waals surface area contributed by atoms with E-state index in [1.54, 1.807) is 30.6 Å². The highest BCUT2D eigenvalue weighted by molar-refractivity contribution is 9.10. The SMILES string of the molecule is N=C(N)c1c(Br)cccc1Oc1cccnc1. The number of ether oxygens (including phenoxy) is 1. The van der Waals surface area contributed by atoms with E-state index in [-0.39, 0.29) is 5.84 Å². The molecule has 0 aliphatic heterocycles. The molecule has 0 aliphatic rings. The molecule has 0 saturated heterocycles. The molecule has 0 spiro atoms. The van der Waals surface area contributed by atoms with E-state index in [4.69, 9.17) is 15.9 Å². The van der Waals surface area contributed by atoms with Crippen LogP contribution in [0.15, 0.2) is 47.2 Å². The predicted octanol–water partition coefficient (Wildman–Crippen LogP) is 2.92. The Morgan fingerprint density at radius 1 is 1.29 bits per heavy atom. The third-order valence-corrected chi connectivity index (χ3v) is 2.77. The minimum atomic E-state index is -0.0450. The normalized spacial score (nSPS) is 9.94. The van der Waals surface area contributed by atoms with Crippen molar-refractivity contribution in [1.82, 2.24) is 4.98 Å². The average Bonchev–Trinajstić information content (AvgIpc) is 2.30. The molecule has 1 heterocycles. The fraction of sp³-hybridized carbons (Fsp3) is 0. The smallest absolute Gasteiger partial charge is 0.145 e. The van der Waals surface area contributed by atoms with Gasteiger partial charge in [0.2, 0.25) is 0 Å². The summed E-state index contributed by atoms with van der Waals surface area (Å²) in [5.74, 6) is 1.09. The van der Waals surface area contributed by atoms with E-state index in [2.05, 4.69) is 20.9 Å². The molecule has 4 nitrogen and oxygen atoms in total. The number of rotatable bonds is 3. The van der Waals surface area contributed by atoms with Crippen molar-refractivity contribution < 1.29 is 4.74 Å². The Morgan fingerprint density at radius 3 is 2.76 bits per heavy atom. The summed E-state index contributed by atoms with van der Waals surface area (Å²) in [6, 6.07) is 8.96. The third kappa shape index (κ3) is 2.62. The Balaban J connectivity index is 2.40. The molecule has 2 aromatic rings. The van der Waals surface area contributed by atoms with Gasteiger partial charge in [-0.2, -0.15) is 0 Å². The van der Waals surface area contributed by atoms with Crippen LogP contribution in [0.5, 0.6) is 11.5 Å². The number of aromatic nitrogens is 1. The second kappa shape index (κ2) is 4.97. The average molecular weight is 292 g/mol. The lowest BCUT2D eigenvalue weighted by atomic mass is 10.2. The van der Waals surface area contributed by atoms with Crippen LogP contribution in [0.4, 0.5) is 0 Å². The second-order valence-electron chi connectivity index (χ2n) is 3.32. The lowest BCUT2D eigenvalue weighted by molar-refractivity contribution is 0.479. The molecule has 2 rings (SSSR count). The molecule has 86 valence electrons. The van der Waals surface area contributed by atoms with Gasteiger partial charge in [0.15, 0.2) is 0 Å². The van der Waals surface area contributed by atoms with Crippen molar-refractivity contribution in [2.45, 2.75) is 0 Å². The van der Waals surface area contributed by atoms with Crippen molar-refractivity contribution in [3.8, 4) is 11.5 Å². The molecule has 1 aromatic heterocycles. The van der Waals surface area contributed by atoms with Crippen LogP contribution in [0, 0.1) is 5.41 Å². The molecule has 0 bridgehead atoms. The van der Waals surface area contributed by atoms with Gasteiger partial charge in [-0.3, -0.25) is 10.4 Å². The zero-order valence-electron chi connectivity index (χ0n) is 8.85. The van der Waals surface area contributed by atoms with E-state index < -0.39 is 0 Å². The van der Waals surface area contributed by atoms with Gasteiger partial charge in [-0.15, -0.1) is 0 Å². The number of amidine groups is 1. The number of nitrogens with two attached hydrogens (primary N) is 1. The van der Waals surface area contributed by atoms with Crippen molar-refractivity contribution in [3.05, 3.63) is 52.8 Å². The summed E-state index contributed by atoms with van der Waals surface area (Å²) in [5.41, 5.74) is 6.07. The molecular weight excluding hydrogens is 282 g/mol. The van der Waals surface area contributed by atoms with Gasteiger partial charge in [0.25, 0.3) is 0 Å². The molecule has 17 heavy (non-hydrogen) atoms. The molecule has 0 unspecified atom stereocenters. The standard InChI is InChI=1S/C12H10BrN3O/c13-9-4-1-5-10(11(9)12(14)15)17-8-3-2-6-16-7-8/h1-7H,(H3,14,15). The van der Waals surface area contributed by atoms with Crippen molar-refractivity contribution in [1.29, 1.82) is 5.41 Å². The van der Waals surface area contributed by atoms with Crippen LogP contribution in [0.25, 0.3) is 0 Å². The predicted molar refractivity (Wildman–Crippen MR) is 69.5 cm³/mol. The number of halogens is 1. The Hall–Kier alpha value is -1.88. The molecular formula is C12H10BrN3O. The first-order valence-corrected chi connectivity index (χ1v) is 5.68. The van der Waals surface area contributed by atoms with E-state index in [9.17, 15) is 0 Å². The summed E-state index contributed by atoms with van der Waals surface area (Å²) in [6.07, 6.45) is 3.27. The van der Waals surface area contributed by atoms with Crippen LogP contribution in [-0.2, 0) is 0 Å². The number of nitrogens with zero attached hydrogens (tertiary/aromatic N) is 1. The van der Waals surface area contributed by atoms with E-state index >= 15 is 0 Å². The number of hydrogen-bond donors (Lipinski definition) is 2. The van der Waals surface area contributed by atoms with Crippen molar-refractivity contribution in [2.75, 3.05) is 0 Å². The van der Waals surface area contributed by atoms with Crippen LogP contribution in [0.1, 0.15) is 5.56 Å². The summed E-state index contributed by atoms with van der Waals surface area (Å²) in [5, 5.41) is 7.54. The van der Waals surface area contributed by atoms with Gasteiger partial charge in [0.1, 0.15) is 17.3 Å². The first-order chi connectivity index (χ1) is 8.18. The number of nitrogens with one attached hydrogen (secondary N) is 1. The van der Waals surface area contributed by atoms with Crippen molar-refractivity contribution in [3.63, 3.8) is 0 Å². The second-order valence-corrected chi connectivity index (χ2v) is 4.17. The Morgan fingerprint density at radius 2 is 2.12 bits per heavy atom. The van der Waals surface area contributed by atoms with Crippen molar-refractivity contribution >= 4 is 21.8 Å². The highest BCUT2D eigenvalue weighted by atomic mass is 79.9. The first-order valence-electron chi connectivity index (χ1n) is 4.89. The highest BCUT2D eigenvalue weighted by Gasteiger charge is 2.11. The number of hydrogen-bond acceptors (Lipinski definition) is 3. The first kappa shape index (κ1) is 11.6. The molecule has 3 N–H and O–H groups in total. The van der Waals surface area contributed by atoms with E-state index in [1.165, 1.54) is 0 Å². The minimum absolute atomic E-state index is 0.0450. The maximum atomic E-state index is 7.54. The maximum Gasteiger partial charge on any atom is 0.145 e. The fourth-order valence-corrected chi connectivity index (χ4v) is 1.95. The van der Waals surface area contributed by atoms with Crippen LogP contribution in [0.3, 0.4) is 0 Å². The molecule has 0 saturated carbocycles. The molecule has 1 aromatic carbocycles. The Bertz CT molecular complexity index is 543. The molecule has 0 fully saturated rings. The fourth-order valence-electron chi connectivity index (χ4n) is 1.39. The summed E-state index contributed by atoms with van der Waals surface area (Å²) in [4.78, 5) is 3.96. The minimum Gasteiger partial charge on any atom is -0.455 e. The molecule has 0 amide bonds. The molecule has 5 heteroatoms. The number of nitrogen functional groups attached to an aromatic ring is 1. The van der Waals surface area contributed by atoms with Gasteiger partial charge in [-0.05, 0) is 40.2 Å². The quantitative estimate of drug-likeness (QED) is 0.675. The van der Waals surface area contributed by atoms with Gasteiger partial charge in [-0.1, -0.05) is 6.07 Å². The maximum absolute atomic E-state index is 7.54. The van der Waals surface area contributed by atoms with Crippen molar-refractivity contribution in [2.24, 2.45) is 5.73 Å².